The van der Waals surface area contributed by atoms with E-state index >= 15 is 0 Å². The van der Waals surface area contributed by atoms with Gasteiger partial charge in [0.25, 0.3) is 0 Å². The summed E-state index contributed by atoms with van der Waals surface area (Å²) in [5.74, 6) is 0.966. The van der Waals surface area contributed by atoms with E-state index in [-0.39, 0.29) is 12.0 Å². The van der Waals surface area contributed by atoms with E-state index in [1.165, 1.54) is 0 Å². The number of anilines is 2. The number of hydrogen-bond acceptors (Lipinski definition) is 6. The topological polar surface area (TPSA) is 90.9 Å². The maximum absolute atomic E-state index is 5.84. The van der Waals surface area contributed by atoms with Gasteiger partial charge in [0.2, 0.25) is 5.95 Å². The van der Waals surface area contributed by atoms with Crippen molar-refractivity contribution in [2.24, 2.45) is 0 Å². The van der Waals surface area contributed by atoms with Gasteiger partial charge in [-0.1, -0.05) is 6.07 Å². The number of hydrogen-bond donors (Lipinski definition) is 2. The summed E-state index contributed by atoms with van der Waals surface area (Å²) in [6.45, 7) is 3.40. The minimum absolute atomic E-state index is 0.0481. The number of pyridine rings is 1. The van der Waals surface area contributed by atoms with Crippen LogP contribution in [0, 0.1) is 0 Å². The highest BCUT2D eigenvalue weighted by molar-refractivity contribution is 5.87. The lowest BCUT2D eigenvalue weighted by molar-refractivity contribution is 0.188. The molecule has 0 amide bonds. The van der Waals surface area contributed by atoms with Crippen LogP contribution in [-0.2, 0) is 11.3 Å². The van der Waals surface area contributed by atoms with Crippen molar-refractivity contribution in [1.82, 2.24) is 19.5 Å². The first-order chi connectivity index (χ1) is 11.2. The van der Waals surface area contributed by atoms with Gasteiger partial charge in [0.05, 0.1) is 18.2 Å². The van der Waals surface area contributed by atoms with Crippen LogP contribution in [0.2, 0.25) is 0 Å². The van der Waals surface area contributed by atoms with Crippen molar-refractivity contribution in [1.29, 1.82) is 0 Å². The Bertz CT molecular complexity index is 786. The second-order valence-electron chi connectivity index (χ2n) is 5.32. The summed E-state index contributed by atoms with van der Waals surface area (Å²) in [5.41, 5.74) is 8.65. The number of rotatable bonds is 6. The van der Waals surface area contributed by atoms with Gasteiger partial charge in [0.15, 0.2) is 5.82 Å². The van der Waals surface area contributed by atoms with Crippen molar-refractivity contribution in [3.05, 3.63) is 42.4 Å². The second kappa shape index (κ2) is 6.62. The van der Waals surface area contributed by atoms with Gasteiger partial charge in [-0.3, -0.25) is 4.98 Å². The first-order valence-corrected chi connectivity index (χ1v) is 7.47. The average molecular weight is 312 g/mol. The van der Waals surface area contributed by atoms with Gasteiger partial charge < -0.3 is 20.4 Å². The maximum Gasteiger partial charge on any atom is 0.222 e. The van der Waals surface area contributed by atoms with E-state index in [0.717, 1.165) is 23.1 Å². The standard InChI is InChI=1S/C16H20N6O/c1-11(12-4-3-6-18-10-12)19-15-14-13(20-16(17)21-15)5-7-22(14)8-9-23-2/h3-7,10-11H,8-9H2,1-2H3,(H3,17,19,20,21). The van der Waals surface area contributed by atoms with Gasteiger partial charge in [-0.15, -0.1) is 0 Å². The van der Waals surface area contributed by atoms with E-state index in [0.29, 0.717) is 12.4 Å². The maximum atomic E-state index is 5.84. The van der Waals surface area contributed by atoms with Gasteiger partial charge >= 0.3 is 0 Å². The summed E-state index contributed by atoms with van der Waals surface area (Å²) in [6.07, 6.45) is 5.56. The van der Waals surface area contributed by atoms with Crippen molar-refractivity contribution in [2.75, 3.05) is 24.8 Å². The molecule has 0 radical (unpaired) electrons. The monoisotopic (exact) mass is 312 g/mol. The predicted molar refractivity (Wildman–Crippen MR) is 90.1 cm³/mol. The Balaban J connectivity index is 1.96. The van der Waals surface area contributed by atoms with E-state index in [1.807, 2.05) is 30.6 Å². The van der Waals surface area contributed by atoms with Crippen LogP contribution in [0.1, 0.15) is 18.5 Å². The molecule has 1 atom stereocenters. The highest BCUT2D eigenvalue weighted by atomic mass is 16.5. The Labute approximate surface area is 134 Å². The van der Waals surface area contributed by atoms with Gasteiger partial charge in [0, 0.05) is 32.2 Å². The lowest BCUT2D eigenvalue weighted by Crippen LogP contribution is -2.12. The Morgan fingerprint density at radius 1 is 1.35 bits per heavy atom. The first-order valence-electron chi connectivity index (χ1n) is 7.47. The third kappa shape index (κ3) is 3.24. The smallest absolute Gasteiger partial charge is 0.222 e. The number of fused-ring (bicyclic) bond motifs is 1. The van der Waals surface area contributed by atoms with Crippen LogP contribution in [0.4, 0.5) is 11.8 Å². The average Bonchev–Trinajstić information content (AvgIpc) is 2.96. The van der Waals surface area contributed by atoms with E-state index in [9.17, 15) is 0 Å². The summed E-state index contributed by atoms with van der Waals surface area (Å²) < 4.78 is 7.23. The minimum Gasteiger partial charge on any atom is -0.383 e. The Morgan fingerprint density at radius 2 is 2.22 bits per heavy atom. The molecule has 3 aromatic heterocycles. The lowest BCUT2D eigenvalue weighted by Gasteiger charge is -2.16. The van der Waals surface area contributed by atoms with Crippen molar-refractivity contribution < 1.29 is 4.74 Å². The molecule has 0 aliphatic rings. The quantitative estimate of drug-likeness (QED) is 0.725. The molecule has 0 aliphatic heterocycles. The highest BCUT2D eigenvalue weighted by Gasteiger charge is 2.14. The molecule has 3 heterocycles. The van der Waals surface area contributed by atoms with E-state index in [4.69, 9.17) is 10.5 Å². The number of nitrogens with two attached hydrogens (primary N) is 1. The molecule has 0 aromatic carbocycles. The summed E-state index contributed by atoms with van der Waals surface area (Å²) in [4.78, 5) is 12.8. The molecule has 0 spiro atoms. The molecule has 1 unspecified atom stereocenters. The highest BCUT2D eigenvalue weighted by Crippen LogP contribution is 2.26. The molecule has 3 rings (SSSR count). The molecular weight excluding hydrogens is 292 g/mol. The van der Waals surface area contributed by atoms with Crippen molar-refractivity contribution in [3.8, 4) is 0 Å². The van der Waals surface area contributed by atoms with Crippen LogP contribution in [0.5, 0.6) is 0 Å². The summed E-state index contributed by atoms with van der Waals surface area (Å²) in [5, 5.41) is 3.41. The molecule has 120 valence electrons. The van der Waals surface area contributed by atoms with E-state index < -0.39 is 0 Å². The molecule has 23 heavy (non-hydrogen) atoms. The van der Waals surface area contributed by atoms with Crippen LogP contribution < -0.4 is 11.1 Å². The summed E-state index contributed by atoms with van der Waals surface area (Å²) >= 11 is 0. The molecule has 3 N–H and O–H groups in total. The normalized spacial score (nSPS) is 12.4. The molecule has 0 fully saturated rings. The van der Waals surface area contributed by atoms with Crippen LogP contribution in [0.15, 0.2) is 36.8 Å². The van der Waals surface area contributed by atoms with Crippen molar-refractivity contribution in [2.45, 2.75) is 19.5 Å². The van der Waals surface area contributed by atoms with Crippen LogP contribution >= 0.6 is 0 Å². The number of methoxy groups -OCH3 is 1. The zero-order valence-corrected chi connectivity index (χ0v) is 13.2. The molecule has 0 saturated carbocycles. The van der Waals surface area contributed by atoms with Crippen LogP contribution in [0.3, 0.4) is 0 Å². The molecular formula is C16H20N6O. The van der Waals surface area contributed by atoms with Gasteiger partial charge in [-0.25, -0.2) is 4.98 Å². The fraction of sp³-hybridized carbons (Fsp3) is 0.312. The van der Waals surface area contributed by atoms with Gasteiger partial charge in [-0.05, 0) is 24.6 Å². The van der Waals surface area contributed by atoms with E-state index in [1.54, 1.807) is 13.3 Å². The lowest BCUT2D eigenvalue weighted by atomic mass is 10.1. The fourth-order valence-electron chi connectivity index (χ4n) is 2.52. The number of ether oxygens (including phenoxy) is 1. The number of nitrogens with zero attached hydrogens (tertiary/aromatic N) is 4. The van der Waals surface area contributed by atoms with E-state index in [2.05, 4.69) is 31.8 Å². The minimum atomic E-state index is 0.0481. The largest absolute Gasteiger partial charge is 0.383 e. The molecule has 3 aromatic rings. The number of aromatic nitrogens is 4. The van der Waals surface area contributed by atoms with Crippen molar-refractivity contribution in [3.63, 3.8) is 0 Å². The molecule has 0 bridgehead atoms. The number of nitrogens with one attached hydrogen (secondary N) is 1. The molecule has 7 heteroatoms. The van der Waals surface area contributed by atoms with Crippen molar-refractivity contribution >= 4 is 22.8 Å². The molecule has 0 saturated heterocycles. The number of nitrogen functional groups attached to an aromatic ring is 1. The zero-order chi connectivity index (χ0) is 16.2. The first kappa shape index (κ1) is 15.2. The third-order valence-corrected chi connectivity index (χ3v) is 3.70. The second-order valence-corrected chi connectivity index (χ2v) is 5.32. The Hall–Kier alpha value is -2.67. The molecule has 0 aliphatic carbocycles. The Kier molecular flexibility index (Phi) is 4.38. The predicted octanol–water partition coefficient (Wildman–Crippen LogP) is 2.23. The van der Waals surface area contributed by atoms with Crippen LogP contribution in [0.25, 0.3) is 11.0 Å². The van der Waals surface area contributed by atoms with Gasteiger partial charge in [0.1, 0.15) is 5.52 Å². The fourth-order valence-corrected chi connectivity index (χ4v) is 2.52. The summed E-state index contributed by atoms with van der Waals surface area (Å²) in [6, 6.07) is 5.92. The van der Waals surface area contributed by atoms with Crippen LogP contribution in [-0.4, -0.2) is 33.2 Å². The SMILES string of the molecule is COCCn1ccc2nc(N)nc(NC(C)c3cccnc3)c21. The third-order valence-electron chi connectivity index (χ3n) is 3.70. The van der Waals surface area contributed by atoms with Gasteiger partial charge in [-0.2, -0.15) is 4.98 Å². The molecule has 7 nitrogen and oxygen atoms in total. The summed E-state index contributed by atoms with van der Waals surface area (Å²) in [7, 11) is 1.68. The zero-order valence-electron chi connectivity index (χ0n) is 13.2. The Morgan fingerprint density at radius 3 is 2.96 bits per heavy atom.